The average molecular weight is 562 g/mol. The minimum Gasteiger partial charge on any atom is -0.495 e. The van der Waals surface area contributed by atoms with E-state index in [0.717, 1.165) is 5.56 Å². The van der Waals surface area contributed by atoms with Crippen molar-refractivity contribution in [1.29, 1.82) is 5.26 Å². The Hall–Kier alpha value is -3.18. The monoisotopic (exact) mass is 560 g/mol. The first-order valence-electron chi connectivity index (χ1n) is 9.86. The number of carbonyl (C=O) groups is 1. The molecular weight excluding hydrogens is 543 g/mol. The molecule has 0 unspecified atom stereocenters. The first-order valence-corrected chi connectivity index (χ1v) is 11.4. The number of hydrogen-bond donors (Lipinski definition) is 1. The maximum Gasteiger partial charge on any atom is 0.266 e. The molecule has 0 atom stereocenters. The van der Waals surface area contributed by atoms with Gasteiger partial charge in [-0.15, -0.1) is 0 Å². The molecule has 6 nitrogen and oxygen atoms in total. The smallest absolute Gasteiger partial charge is 0.266 e. The zero-order valence-electron chi connectivity index (χ0n) is 18.2. The van der Waals surface area contributed by atoms with Crippen molar-refractivity contribution in [1.82, 2.24) is 0 Å². The Kier molecular flexibility index (Phi) is 8.83. The molecule has 0 aliphatic carbocycles. The van der Waals surface area contributed by atoms with E-state index in [1.54, 1.807) is 48.5 Å². The molecule has 34 heavy (non-hydrogen) atoms. The summed E-state index contributed by atoms with van der Waals surface area (Å²) in [5, 5.41) is 13.2. The number of para-hydroxylation sites is 2. The zero-order chi connectivity index (χ0) is 24.7. The van der Waals surface area contributed by atoms with Crippen molar-refractivity contribution in [3.63, 3.8) is 0 Å². The number of halogens is 3. The van der Waals surface area contributed by atoms with Gasteiger partial charge in [0.2, 0.25) is 0 Å². The van der Waals surface area contributed by atoms with Gasteiger partial charge in [0.25, 0.3) is 5.91 Å². The van der Waals surface area contributed by atoms with E-state index < -0.39 is 5.91 Å². The van der Waals surface area contributed by atoms with Gasteiger partial charge in [-0.1, -0.05) is 57.3 Å². The Balaban J connectivity index is 1.83. The van der Waals surface area contributed by atoms with Crippen molar-refractivity contribution in [2.45, 2.75) is 6.61 Å². The molecule has 3 aromatic rings. The maximum atomic E-state index is 12.7. The quantitative estimate of drug-likeness (QED) is 0.239. The van der Waals surface area contributed by atoms with Crippen molar-refractivity contribution in [3.05, 3.63) is 85.8 Å². The fraction of sp³-hybridized carbons (Fsp3) is 0.120. The van der Waals surface area contributed by atoms with Gasteiger partial charge < -0.3 is 19.5 Å². The molecule has 0 aromatic heterocycles. The fourth-order valence-corrected chi connectivity index (χ4v) is 3.72. The number of nitrogens with zero attached hydrogens (tertiary/aromatic N) is 1. The van der Waals surface area contributed by atoms with Crippen LogP contribution in [0, 0.1) is 11.3 Å². The number of nitrogens with one attached hydrogen (secondary N) is 1. The van der Waals surface area contributed by atoms with Crippen LogP contribution in [-0.2, 0) is 11.4 Å². The summed E-state index contributed by atoms with van der Waals surface area (Å²) in [7, 11) is 3.00. The van der Waals surface area contributed by atoms with Gasteiger partial charge in [-0.25, -0.2) is 0 Å². The number of methoxy groups -OCH3 is 2. The molecule has 0 saturated heterocycles. The summed E-state index contributed by atoms with van der Waals surface area (Å²) in [5.41, 5.74) is 1.75. The van der Waals surface area contributed by atoms with Crippen LogP contribution in [-0.4, -0.2) is 20.1 Å². The number of benzene rings is 3. The highest BCUT2D eigenvalue weighted by atomic mass is 79.9. The largest absolute Gasteiger partial charge is 0.495 e. The highest BCUT2D eigenvalue weighted by Gasteiger charge is 2.15. The van der Waals surface area contributed by atoms with Crippen LogP contribution in [0.4, 0.5) is 5.69 Å². The van der Waals surface area contributed by atoms with E-state index in [2.05, 4.69) is 21.2 Å². The molecule has 1 amide bonds. The lowest BCUT2D eigenvalue weighted by Crippen LogP contribution is -2.14. The number of carbonyl (C=O) groups excluding carboxylic acids is 1. The lowest BCUT2D eigenvalue weighted by atomic mass is 10.1. The number of ether oxygens (including phenoxy) is 3. The van der Waals surface area contributed by atoms with Gasteiger partial charge in [0.15, 0.2) is 11.5 Å². The molecule has 0 spiro atoms. The fourth-order valence-electron chi connectivity index (χ4n) is 2.97. The van der Waals surface area contributed by atoms with Gasteiger partial charge >= 0.3 is 0 Å². The van der Waals surface area contributed by atoms with Crippen molar-refractivity contribution in [2.24, 2.45) is 0 Å². The molecule has 0 aliphatic heterocycles. The summed E-state index contributed by atoms with van der Waals surface area (Å²) in [4.78, 5) is 12.7. The SMILES string of the molecule is COc1ccccc1NC(=O)/C(C#N)=C\c1cc(OC)c(OCc2ccc(Cl)c(Cl)c2)cc1Br. The predicted molar refractivity (Wildman–Crippen MR) is 137 cm³/mol. The number of amides is 1. The van der Waals surface area contributed by atoms with E-state index in [-0.39, 0.29) is 12.2 Å². The van der Waals surface area contributed by atoms with Gasteiger partial charge in [0, 0.05) is 4.47 Å². The first kappa shape index (κ1) is 25.4. The molecule has 3 rings (SSSR count). The summed E-state index contributed by atoms with van der Waals surface area (Å²) < 4.78 is 17.2. The van der Waals surface area contributed by atoms with E-state index in [9.17, 15) is 10.1 Å². The molecule has 0 heterocycles. The highest BCUT2D eigenvalue weighted by Crippen LogP contribution is 2.35. The second-order valence-corrected chi connectivity index (χ2v) is 8.55. The maximum absolute atomic E-state index is 12.7. The average Bonchev–Trinajstić information content (AvgIpc) is 2.84. The Bertz CT molecular complexity index is 1290. The lowest BCUT2D eigenvalue weighted by molar-refractivity contribution is -0.112. The van der Waals surface area contributed by atoms with E-state index in [1.807, 2.05) is 12.1 Å². The topological polar surface area (TPSA) is 80.6 Å². The van der Waals surface area contributed by atoms with Crippen molar-refractivity contribution < 1.29 is 19.0 Å². The summed E-state index contributed by atoms with van der Waals surface area (Å²) in [5.74, 6) is 0.809. The van der Waals surface area contributed by atoms with E-state index in [1.165, 1.54) is 20.3 Å². The minimum atomic E-state index is -0.571. The normalized spacial score (nSPS) is 10.9. The number of hydrogen-bond acceptors (Lipinski definition) is 5. The second-order valence-electron chi connectivity index (χ2n) is 6.89. The summed E-state index contributed by atoms with van der Waals surface area (Å²) in [6, 6.07) is 17.5. The van der Waals surface area contributed by atoms with Gasteiger partial charge in [0.05, 0.1) is 30.0 Å². The van der Waals surface area contributed by atoms with Crippen LogP contribution in [0.1, 0.15) is 11.1 Å². The van der Waals surface area contributed by atoms with Crippen LogP contribution in [0.25, 0.3) is 6.08 Å². The van der Waals surface area contributed by atoms with Crippen LogP contribution in [0.5, 0.6) is 17.2 Å². The van der Waals surface area contributed by atoms with E-state index >= 15 is 0 Å². The number of nitriles is 1. The van der Waals surface area contributed by atoms with Crippen LogP contribution in [0.2, 0.25) is 10.0 Å². The lowest BCUT2D eigenvalue weighted by Gasteiger charge is -2.14. The summed E-state index contributed by atoms with van der Waals surface area (Å²) in [6.07, 6.45) is 1.46. The van der Waals surface area contributed by atoms with E-state index in [0.29, 0.717) is 43.0 Å². The Morgan fingerprint density at radius 1 is 1.03 bits per heavy atom. The Morgan fingerprint density at radius 2 is 1.76 bits per heavy atom. The predicted octanol–water partition coefficient (Wildman–Crippen LogP) is 6.90. The molecule has 9 heteroatoms. The van der Waals surface area contributed by atoms with Gasteiger partial charge in [-0.2, -0.15) is 5.26 Å². The third kappa shape index (κ3) is 6.23. The molecule has 174 valence electrons. The first-order chi connectivity index (χ1) is 16.4. The van der Waals surface area contributed by atoms with Crippen LogP contribution < -0.4 is 19.5 Å². The molecule has 0 saturated carbocycles. The molecule has 0 aliphatic rings. The Morgan fingerprint density at radius 3 is 2.44 bits per heavy atom. The van der Waals surface area contributed by atoms with Gasteiger partial charge in [-0.3, -0.25) is 4.79 Å². The van der Waals surface area contributed by atoms with Crippen LogP contribution >= 0.6 is 39.1 Å². The van der Waals surface area contributed by atoms with Crippen molar-refractivity contribution in [2.75, 3.05) is 19.5 Å². The van der Waals surface area contributed by atoms with E-state index in [4.69, 9.17) is 37.4 Å². The molecular formula is C25H19BrCl2N2O4. The van der Waals surface area contributed by atoms with Crippen molar-refractivity contribution >= 4 is 56.8 Å². The highest BCUT2D eigenvalue weighted by molar-refractivity contribution is 9.10. The van der Waals surface area contributed by atoms with Crippen LogP contribution in [0.3, 0.4) is 0 Å². The number of anilines is 1. The summed E-state index contributed by atoms with van der Waals surface area (Å²) >= 11 is 15.5. The second kappa shape index (κ2) is 11.8. The standard InChI is InChI=1S/C25H19BrCl2N2O4/c1-32-22-6-4-3-5-21(22)30-25(31)17(13-29)10-16-11-23(33-2)24(12-18(16)26)34-14-15-7-8-19(27)20(28)9-15/h3-12H,14H2,1-2H3,(H,30,31)/b17-10-. The van der Waals surface area contributed by atoms with Gasteiger partial charge in [-0.05, 0) is 53.6 Å². The molecule has 0 radical (unpaired) electrons. The molecule has 3 aromatic carbocycles. The third-order valence-corrected chi connectivity index (χ3v) is 6.11. The molecule has 0 fully saturated rings. The minimum absolute atomic E-state index is 0.0990. The summed E-state index contributed by atoms with van der Waals surface area (Å²) in [6.45, 7) is 0.236. The molecule has 0 bridgehead atoms. The zero-order valence-corrected chi connectivity index (χ0v) is 21.3. The Labute approximate surface area is 215 Å². The molecule has 1 N–H and O–H groups in total. The third-order valence-electron chi connectivity index (χ3n) is 4.68. The number of rotatable bonds is 8. The van der Waals surface area contributed by atoms with Gasteiger partial charge in [0.1, 0.15) is 24.0 Å². The van der Waals surface area contributed by atoms with Crippen LogP contribution in [0.15, 0.2) is 64.6 Å². The van der Waals surface area contributed by atoms with Crippen molar-refractivity contribution in [3.8, 4) is 23.3 Å².